The molecule has 116 valence electrons. The largest absolute Gasteiger partial charge is 0.348 e. The average Bonchev–Trinajstić information content (AvgIpc) is 2.37. The zero-order valence-corrected chi connectivity index (χ0v) is 13.3. The molecule has 0 radical (unpaired) electrons. The van der Waals surface area contributed by atoms with Crippen LogP contribution in [0.3, 0.4) is 0 Å². The Bertz CT molecular complexity index is 479. The Kier molecular flexibility index (Phi) is 5.37. The van der Waals surface area contributed by atoms with E-state index in [0.717, 1.165) is 19.5 Å². The fourth-order valence-corrected chi connectivity index (χ4v) is 3.28. The summed E-state index contributed by atoms with van der Waals surface area (Å²) < 4.78 is 0. The van der Waals surface area contributed by atoms with Gasteiger partial charge in [0.1, 0.15) is 0 Å². The number of hydrogen-bond donors (Lipinski definition) is 2. The fraction of sp³-hybridized carbons (Fsp3) is 0.588. The summed E-state index contributed by atoms with van der Waals surface area (Å²) in [6.45, 7) is 8.51. The third-order valence-electron chi connectivity index (χ3n) is 4.17. The van der Waals surface area contributed by atoms with E-state index < -0.39 is 0 Å². The quantitative estimate of drug-likeness (QED) is 0.889. The van der Waals surface area contributed by atoms with Crippen molar-refractivity contribution in [3.8, 4) is 0 Å². The lowest BCUT2D eigenvalue weighted by Crippen LogP contribution is -2.49. The molecule has 2 rings (SSSR count). The van der Waals surface area contributed by atoms with Gasteiger partial charge in [0.05, 0.1) is 12.6 Å². The normalized spacial score (nSPS) is 24.6. The van der Waals surface area contributed by atoms with Crippen molar-refractivity contribution < 1.29 is 4.79 Å². The van der Waals surface area contributed by atoms with Crippen molar-refractivity contribution in [3.63, 3.8) is 0 Å². The maximum absolute atomic E-state index is 12.2. The van der Waals surface area contributed by atoms with Crippen LogP contribution in [0.2, 0.25) is 0 Å². The van der Waals surface area contributed by atoms with Crippen molar-refractivity contribution in [2.75, 3.05) is 19.6 Å². The first-order valence-electron chi connectivity index (χ1n) is 7.78. The number of likely N-dealkylation sites (tertiary alicyclic amines) is 1. The van der Waals surface area contributed by atoms with Crippen LogP contribution in [0.1, 0.15) is 37.4 Å². The van der Waals surface area contributed by atoms with E-state index in [1.165, 1.54) is 11.1 Å². The number of benzene rings is 1. The minimum Gasteiger partial charge on any atom is -0.348 e. The molecule has 4 heteroatoms. The number of nitrogens with zero attached hydrogens (tertiary/aromatic N) is 1. The van der Waals surface area contributed by atoms with E-state index in [2.05, 4.69) is 36.2 Å². The molecular weight excluding hydrogens is 262 g/mol. The Hall–Kier alpha value is -1.39. The highest BCUT2D eigenvalue weighted by molar-refractivity contribution is 5.78. The first kappa shape index (κ1) is 16.0. The number of aryl methyl sites for hydroxylation is 1. The van der Waals surface area contributed by atoms with Gasteiger partial charge in [-0.2, -0.15) is 0 Å². The van der Waals surface area contributed by atoms with Gasteiger partial charge in [-0.05, 0) is 37.3 Å². The third kappa shape index (κ3) is 4.55. The molecule has 1 fully saturated rings. The molecule has 0 aromatic heterocycles. The number of amides is 1. The van der Waals surface area contributed by atoms with Gasteiger partial charge < -0.3 is 11.1 Å². The standard InChI is InChI=1S/C17H27N3O/c1-12-8-15(18)10-20(9-12)11-17(21)19-14(3)16-7-5-4-6-13(16)2/h4-7,12,14-15H,8-11,18H2,1-3H3,(H,19,21). The van der Waals surface area contributed by atoms with Gasteiger partial charge in [0.25, 0.3) is 0 Å². The molecule has 0 spiro atoms. The van der Waals surface area contributed by atoms with Crippen LogP contribution in [0.4, 0.5) is 0 Å². The monoisotopic (exact) mass is 289 g/mol. The Labute approximate surface area is 127 Å². The summed E-state index contributed by atoms with van der Waals surface area (Å²) in [6.07, 6.45) is 1.05. The lowest BCUT2D eigenvalue weighted by molar-refractivity contribution is -0.123. The summed E-state index contributed by atoms with van der Waals surface area (Å²) in [7, 11) is 0. The molecule has 1 saturated heterocycles. The Morgan fingerprint density at radius 2 is 2.14 bits per heavy atom. The van der Waals surface area contributed by atoms with Crippen LogP contribution >= 0.6 is 0 Å². The van der Waals surface area contributed by atoms with Gasteiger partial charge in [0.2, 0.25) is 5.91 Å². The van der Waals surface area contributed by atoms with Crippen LogP contribution < -0.4 is 11.1 Å². The van der Waals surface area contributed by atoms with E-state index in [1.807, 2.05) is 19.1 Å². The van der Waals surface area contributed by atoms with E-state index >= 15 is 0 Å². The number of rotatable bonds is 4. The van der Waals surface area contributed by atoms with Crippen molar-refractivity contribution in [3.05, 3.63) is 35.4 Å². The molecule has 0 bridgehead atoms. The Morgan fingerprint density at radius 1 is 1.43 bits per heavy atom. The van der Waals surface area contributed by atoms with Crippen LogP contribution in [-0.2, 0) is 4.79 Å². The molecule has 1 aromatic carbocycles. The van der Waals surface area contributed by atoms with Gasteiger partial charge in [-0.1, -0.05) is 31.2 Å². The number of carbonyl (C=O) groups is 1. The molecule has 1 amide bonds. The molecule has 1 heterocycles. The molecule has 21 heavy (non-hydrogen) atoms. The van der Waals surface area contributed by atoms with Crippen LogP contribution in [0.5, 0.6) is 0 Å². The average molecular weight is 289 g/mol. The van der Waals surface area contributed by atoms with Gasteiger partial charge in [-0.25, -0.2) is 0 Å². The molecule has 1 aliphatic rings. The van der Waals surface area contributed by atoms with Gasteiger partial charge in [0.15, 0.2) is 0 Å². The zero-order valence-electron chi connectivity index (χ0n) is 13.3. The van der Waals surface area contributed by atoms with Crippen molar-refractivity contribution >= 4 is 5.91 Å². The van der Waals surface area contributed by atoms with Crippen molar-refractivity contribution in [1.82, 2.24) is 10.2 Å². The van der Waals surface area contributed by atoms with Crippen molar-refractivity contribution in [1.29, 1.82) is 0 Å². The molecule has 3 atom stereocenters. The second-order valence-electron chi connectivity index (χ2n) is 6.44. The topological polar surface area (TPSA) is 58.4 Å². The van der Waals surface area contributed by atoms with Gasteiger partial charge in [-0.3, -0.25) is 9.69 Å². The summed E-state index contributed by atoms with van der Waals surface area (Å²) >= 11 is 0. The molecule has 0 aliphatic carbocycles. The van der Waals surface area contributed by atoms with E-state index in [4.69, 9.17) is 5.73 Å². The second kappa shape index (κ2) is 7.05. The van der Waals surface area contributed by atoms with Crippen LogP contribution in [0, 0.1) is 12.8 Å². The third-order valence-corrected chi connectivity index (χ3v) is 4.17. The molecule has 1 aromatic rings. The zero-order chi connectivity index (χ0) is 15.4. The maximum atomic E-state index is 12.2. The first-order valence-corrected chi connectivity index (χ1v) is 7.78. The summed E-state index contributed by atoms with van der Waals surface area (Å²) in [5.41, 5.74) is 8.41. The Balaban J connectivity index is 1.88. The molecular formula is C17H27N3O. The molecule has 1 aliphatic heterocycles. The minimum absolute atomic E-state index is 0.0367. The minimum atomic E-state index is 0.0367. The van der Waals surface area contributed by atoms with E-state index in [0.29, 0.717) is 12.5 Å². The number of piperidine rings is 1. The van der Waals surface area contributed by atoms with Crippen molar-refractivity contribution in [2.45, 2.75) is 39.3 Å². The van der Waals surface area contributed by atoms with Gasteiger partial charge in [0, 0.05) is 19.1 Å². The predicted octanol–water partition coefficient (Wildman–Crippen LogP) is 1.84. The van der Waals surface area contributed by atoms with Gasteiger partial charge >= 0.3 is 0 Å². The number of nitrogens with one attached hydrogen (secondary N) is 1. The highest BCUT2D eigenvalue weighted by Crippen LogP contribution is 2.17. The highest BCUT2D eigenvalue weighted by Gasteiger charge is 2.24. The smallest absolute Gasteiger partial charge is 0.234 e. The van der Waals surface area contributed by atoms with Crippen molar-refractivity contribution in [2.24, 2.45) is 11.7 Å². The van der Waals surface area contributed by atoms with E-state index in [-0.39, 0.29) is 18.0 Å². The molecule has 3 N–H and O–H groups in total. The predicted molar refractivity (Wildman–Crippen MR) is 85.9 cm³/mol. The Morgan fingerprint density at radius 3 is 2.81 bits per heavy atom. The molecule has 3 unspecified atom stereocenters. The summed E-state index contributed by atoms with van der Waals surface area (Å²) in [6, 6.07) is 8.40. The summed E-state index contributed by atoms with van der Waals surface area (Å²) in [5, 5.41) is 3.09. The summed E-state index contributed by atoms with van der Waals surface area (Å²) in [5.74, 6) is 0.641. The van der Waals surface area contributed by atoms with E-state index in [1.54, 1.807) is 0 Å². The number of hydrogen-bond acceptors (Lipinski definition) is 3. The maximum Gasteiger partial charge on any atom is 0.234 e. The van der Waals surface area contributed by atoms with Crippen LogP contribution in [-0.4, -0.2) is 36.5 Å². The SMILES string of the molecule is Cc1ccccc1C(C)NC(=O)CN1CC(C)CC(N)C1. The lowest BCUT2D eigenvalue weighted by atomic mass is 9.96. The number of carbonyl (C=O) groups excluding carboxylic acids is 1. The molecule has 4 nitrogen and oxygen atoms in total. The molecule has 0 saturated carbocycles. The lowest BCUT2D eigenvalue weighted by Gasteiger charge is -2.34. The highest BCUT2D eigenvalue weighted by atomic mass is 16.2. The van der Waals surface area contributed by atoms with Gasteiger partial charge in [-0.15, -0.1) is 0 Å². The van der Waals surface area contributed by atoms with Crippen LogP contribution in [0.15, 0.2) is 24.3 Å². The van der Waals surface area contributed by atoms with Crippen LogP contribution in [0.25, 0.3) is 0 Å². The second-order valence-corrected chi connectivity index (χ2v) is 6.44. The summed E-state index contributed by atoms with van der Waals surface area (Å²) in [4.78, 5) is 14.4. The first-order chi connectivity index (χ1) is 9.95. The fourth-order valence-electron chi connectivity index (χ4n) is 3.28. The van der Waals surface area contributed by atoms with E-state index in [9.17, 15) is 4.79 Å². The number of nitrogens with two attached hydrogens (primary N) is 1.